The van der Waals surface area contributed by atoms with E-state index in [-0.39, 0.29) is 40.2 Å². The van der Waals surface area contributed by atoms with E-state index in [1.165, 1.54) is 30.1 Å². The zero-order valence-corrected chi connectivity index (χ0v) is 15.5. The Labute approximate surface area is 155 Å². The van der Waals surface area contributed by atoms with Gasteiger partial charge >= 0.3 is 5.69 Å². The third-order valence-corrected chi connectivity index (χ3v) is 3.71. The van der Waals surface area contributed by atoms with Gasteiger partial charge in [0.1, 0.15) is 5.69 Å². The zero-order valence-electron chi connectivity index (χ0n) is 15.5. The first kappa shape index (κ1) is 19.9. The molecule has 0 atom stereocenters. The molecule has 0 aliphatic carbocycles. The fourth-order valence-corrected chi connectivity index (χ4v) is 2.35. The van der Waals surface area contributed by atoms with E-state index in [4.69, 9.17) is 4.74 Å². The van der Waals surface area contributed by atoms with Gasteiger partial charge in [-0.05, 0) is 18.1 Å². The average Bonchev–Trinajstić information content (AvgIpc) is 2.99. The van der Waals surface area contributed by atoms with Crippen molar-refractivity contribution in [3.05, 3.63) is 45.8 Å². The maximum absolute atomic E-state index is 12.5. The number of methoxy groups -OCH3 is 1. The molecule has 0 spiro atoms. The maximum Gasteiger partial charge on any atom is 0.311 e. The number of aromatic nitrogens is 2. The van der Waals surface area contributed by atoms with E-state index in [1.54, 1.807) is 7.05 Å². The van der Waals surface area contributed by atoms with Crippen LogP contribution < -0.4 is 15.4 Å². The highest BCUT2D eigenvalue weighted by Gasteiger charge is 2.22. The van der Waals surface area contributed by atoms with Crippen LogP contribution in [0.1, 0.15) is 34.7 Å². The molecule has 1 aromatic heterocycles. The highest BCUT2D eigenvalue weighted by molar-refractivity contribution is 6.08. The first-order valence-electron chi connectivity index (χ1n) is 8.18. The summed E-state index contributed by atoms with van der Waals surface area (Å²) in [5.41, 5.74) is 0.125. The first-order chi connectivity index (χ1) is 12.7. The van der Waals surface area contributed by atoms with E-state index in [1.807, 2.05) is 13.8 Å². The molecule has 2 rings (SSSR count). The third-order valence-electron chi connectivity index (χ3n) is 3.71. The number of anilines is 1. The fourth-order valence-electron chi connectivity index (χ4n) is 2.35. The Hall–Kier alpha value is -3.43. The van der Waals surface area contributed by atoms with Crippen LogP contribution in [0.3, 0.4) is 0 Å². The predicted molar refractivity (Wildman–Crippen MR) is 98.0 cm³/mol. The largest absolute Gasteiger partial charge is 0.490 e. The van der Waals surface area contributed by atoms with Gasteiger partial charge in [0.25, 0.3) is 11.8 Å². The highest BCUT2D eigenvalue weighted by atomic mass is 16.6. The lowest BCUT2D eigenvalue weighted by Gasteiger charge is -2.10. The molecule has 0 fully saturated rings. The van der Waals surface area contributed by atoms with Crippen molar-refractivity contribution in [2.24, 2.45) is 13.0 Å². The summed E-state index contributed by atoms with van der Waals surface area (Å²) < 4.78 is 6.27. The number of benzene rings is 1. The van der Waals surface area contributed by atoms with Gasteiger partial charge in [0.2, 0.25) is 0 Å². The van der Waals surface area contributed by atoms with Crippen molar-refractivity contribution in [2.45, 2.75) is 13.8 Å². The molecule has 10 nitrogen and oxygen atoms in total. The number of amides is 2. The van der Waals surface area contributed by atoms with Gasteiger partial charge in [0, 0.05) is 25.2 Å². The molecule has 0 unspecified atom stereocenters. The minimum atomic E-state index is -0.634. The number of nitro groups is 1. The molecule has 0 radical (unpaired) electrons. The van der Waals surface area contributed by atoms with Crippen molar-refractivity contribution in [3.63, 3.8) is 0 Å². The Balaban J connectivity index is 2.25. The van der Waals surface area contributed by atoms with Gasteiger partial charge in [-0.15, -0.1) is 0 Å². The summed E-state index contributed by atoms with van der Waals surface area (Å²) in [6, 6.07) is 3.85. The SMILES string of the molecule is COc1ccc(C(=O)Nc2cnn(C)c2C(=O)NCC(C)C)cc1[N+](=O)[O-]. The Bertz CT molecular complexity index is 875. The van der Waals surface area contributed by atoms with E-state index in [9.17, 15) is 19.7 Å². The van der Waals surface area contributed by atoms with Gasteiger partial charge in [-0.3, -0.25) is 24.4 Å². The molecule has 0 aliphatic rings. The summed E-state index contributed by atoms with van der Waals surface area (Å²) in [5, 5.41) is 20.4. The van der Waals surface area contributed by atoms with Gasteiger partial charge < -0.3 is 15.4 Å². The van der Waals surface area contributed by atoms with Crippen molar-refractivity contribution >= 4 is 23.2 Å². The molecule has 2 aromatic rings. The number of carbonyl (C=O) groups is 2. The van der Waals surface area contributed by atoms with Crippen LogP contribution in [0.4, 0.5) is 11.4 Å². The number of hydrogen-bond donors (Lipinski definition) is 2. The summed E-state index contributed by atoms with van der Waals surface area (Å²) in [5.74, 6) is -0.668. The molecule has 10 heteroatoms. The number of nitro benzene ring substituents is 1. The van der Waals surface area contributed by atoms with Gasteiger partial charge in [0.05, 0.1) is 23.9 Å². The van der Waals surface area contributed by atoms with Crippen molar-refractivity contribution in [3.8, 4) is 5.75 Å². The Morgan fingerprint density at radius 1 is 1.33 bits per heavy atom. The molecular formula is C17H21N5O5. The highest BCUT2D eigenvalue weighted by Crippen LogP contribution is 2.28. The van der Waals surface area contributed by atoms with Gasteiger partial charge in [-0.25, -0.2) is 0 Å². The lowest BCUT2D eigenvalue weighted by Crippen LogP contribution is -2.30. The van der Waals surface area contributed by atoms with E-state index in [0.717, 1.165) is 6.07 Å². The van der Waals surface area contributed by atoms with E-state index >= 15 is 0 Å². The Morgan fingerprint density at radius 2 is 2.04 bits per heavy atom. The standard InChI is InChI=1S/C17H21N5O5/c1-10(2)8-18-17(24)15-12(9-19-21(15)3)20-16(23)11-5-6-14(27-4)13(7-11)22(25)26/h5-7,9-10H,8H2,1-4H3,(H,18,24)(H,20,23). The summed E-state index contributed by atoms with van der Waals surface area (Å²) in [7, 11) is 2.89. The average molecular weight is 375 g/mol. The summed E-state index contributed by atoms with van der Waals surface area (Å²) in [4.78, 5) is 35.3. The molecule has 1 heterocycles. The molecule has 1 aromatic carbocycles. The molecule has 0 aliphatic heterocycles. The molecule has 2 N–H and O–H groups in total. The molecule has 144 valence electrons. The van der Waals surface area contributed by atoms with E-state index in [2.05, 4.69) is 15.7 Å². The normalized spacial score (nSPS) is 10.6. The van der Waals surface area contributed by atoms with Crippen LogP contribution in [0, 0.1) is 16.0 Å². The molecule has 2 amide bonds. The molecule has 0 saturated heterocycles. The summed E-state index contributed by atoms with van der Waals surface area (Å²) in [6.07, 6.45) is 1.35. The van der Waals surface area contributed by atoms with Crippen LogP contribution in [0.5, 0.6) is 5.75 Å². The molecule has 27 heavy (non-hydrogen) atoms. The minimum absolute atomic E-state index is 0.0479. The Morgan fingerprint density at radius 3 is 2.63 bits per heavy atom. The topological polar surface area (TPSA) is 128 Å². The number of aryl methyl sites for hydroxylation is 1. The minimum Gasteiger partial charge on any atom is -0.490 e. The van der Waals surface area contributed by atoms with Gasteiger partial charge in [0.15, 0.2) is 5.75 Å². The lowest BCUT2D eigenvalue weighted by atomic mass is 10.1. The lowest BCUT2D eigenvalue weighted by molar-refractivity contribution is -0.385. The second-order valence-corrected chi connectivity index (χ2v) is 6.23. The zero-order chi connectivity index (χ0) is 20.1. The maximum atomic E-state index is 12.5. The van der Waals surface area contributed by atoms with Crippen molar-refractivity contribution in [2.75, 3.05) is 19.0 Å². The number of nitrogens with zero attached hydrogens (tertiary/aromatic N) is 3. The Kier molecular flexibility index (Phi) is 6.11. The third kappa shape index (κ3) is 4.60. The number of nitrogens with one attached hydrogen (secondary N) is 2. The van der Waals surface area contributed by atoms with Crippen LogP contribution in [0.15, 0.2) is 24.4 Å². The van der Waals surface area contributed by atoms with Crippen LogP contribution >= 0.6 is 0 Å². The monoisotopic (exact) mass is 375 g/mol. The quantitative estimate of drug-likeness (QED) is 0.562. The van der Waals surface area contributed by atoms with Crippen molar-refractivity contribution < 1.29 is 19.2 Å². The van der Waals surface area contributed by atoms with Crippen molar-refractivity contribution in [1.82, 2.24) is 15.1 Å². The van der Waals surface area contributed by atoms with Crippen LogP contribution in [-0.4, -0.2) is 40.2 Å². The molecule has 0 saturated carbocycles. The summed E-state index contributed by atoms with van der Waals surface area (Å²) >= 11 is 0. The molecule has 0 bridgehead atoms. The number of rotatable bonds is 7. The van der Waals surface area contributed by atoms with Gasteiger partial charge in [-0.2, -0.15) is 5.10 Å². The number of hydrogen-bond acceptors (Lipinski definition) is 6. The van der Waals surface area contributed by atoms with Gasteiger partial charge in [-0.1, -0.05) is 13.8 Å². The smallest absolute Gasteiger partial charge is 0.311 e. The summed E-state index contributed by atoms with van der Waals surface area (Å²) in [6.45, 7) is 4.40. The first-order valence-corrected chi connectivity index (χ1v) is 8.18. The van der Waals surface area contributed by atoms with Crippen molar-refractivity contribution in [1.29, 1.82) is 0 Å². The molecular weight excluding hydrogens is 354 g/mol. The van der Waals surface area contributed by atoms with E-state index in [0.29, 0.717) is 6.54 Å². The van der Waals surface area contributed by atoms with Crippen LogP contribution in [0.25, 0.3) is 0 Å². The second-order valence-electron chi connectivity index (χ2n) is 6.23. The fraction of sp³-hybridized carbons (Fsp3) is 0.353. The number of carbonyl (C=O) groups excluding carboxylic acids is 2. The second kappa shape index (κ2) is 8.30. The van der Waals surface area contributed by atoms with Crippen LogP contribution in [-0.2, 0) is 7.05 Å². The predicted octanol–water partition coefficient (Wildman–Crippen LogP) is 1.97. The van der Waals surface area contributed by atoms with E-state index < -0.39 is 10.8 Å². The number of ether oxygens (including phenoxy) is 1. The van der Waals surface area contributed by atoms with Crippen LogP contribution in [0.2, 0.25) is 0 Å².